The number of benzene rings is 1. The zero-order valence-corrected chi connectivity index (χ0v) is 14.4. The van der Waals surface area contributed by atoms with Crippen molar-refractivity contribution < 1.29 is 4.79 Å². The summed E-state index contributed by atoms with van der Waals surface area (Å²) in [5.41, 5.74) is -0.0571. The Hall–Kier alpha value is -2.37. The van der Waals surface area contributed by atoms with Crippen LogP contribution < -0.4 is 16.6 Å². The Bertz CT molecular complexity index is 847. The Morgan fingerprint density at radius 2 is 1.88 bits per heavy atom. The maximum absolute atomic E-state index is 12.4. The summed E-state index contributed by atoms with van der Waals surface area (Å²) in [7, 11) is 0. The number of para-hydroxylation sites is 1. The Kier molecular flexibility index (Phi) is 5.68. The maximum Gasteiger partial charge on any atom is 0.328 e. The van der Waals surface area contributed by atoms with Crippen molar-refractivity contribution >= 4 is 16.8 Å². The third kappa shape index (κ3) is 4.38. The van der Waals surface area contributed by atoms with Gasteiger partial charge in [-0.2, -0.15) is 0 Å². The molecule has 0 saturated heterocycles. The molecular weight excluding hydrogens is 318 g/mol. The van der Waals surface area contributed by atoms with Crippen LogP contribution in [0.4, 0.5) is 0 Å². The van der Waals surface area contributed by atoms with E-state index < -0.39 is 0 Å². The third-order valence-electron chi connectivity index (χ3n) is 4.90. The molecule has 1 heterocycles. The van der Waals surface area contributed by atoms with Crippen LogP contribution in [-0.2, 0) is 11.3 Å². The van der Waals surface area contributed by atoms with Gasteiger partial charge in [0.2, 0.25) is 5.91 Å². The molecule has 6 nitrogen and oxygen atoms in total. The van der Waals surface area contributed by atoms with Crippen molar-refractivity contribution in [2.75, 3.05) is 0 Å². The molecule has 2 aromatic rings. The zero-order chi connectivity index (χ0) is 17.6. The van der Waals surface area contributed by atoms with Crippen LogP contribution in [-0.4, -0.2) is 21.5 Å². The van der Waals surface area contributed by atoms with E-state index in [1.807, 2.05) is 0 Å². The molecule has 0 aliphatic heterocycles. The highest BCUT2D eigenvalue weighted by Crippen LogP contribution is 2.17. The Labute approximate surface area is 146 Å². The lowest BCUT2D eigenvalue weighted by molar-refractivity contribution is -0.121. The lowest BCUT2D eigenvalue weighted by Gasteiger charge is -2.11. The first-order valence-electron chi connectivity index (χ1n) is 9.16. The molecule has 134 valence electrons. The molecule has 1 aliphatic rings. The number of nitrogens with one attached hydrogen (secondary N) is 2. The Balaban J connectivity index is 1.47. The molecule has 0 atom stereocenters. The highest BCUT2D eigenvalue weighted by molar-refractivity contribution is 5.77. The largest absolute Gasteiger partial charge is 0.353 e. The van der Waals surface area contributed by atoms with E-state index in [1.54, 1.807) is 24.3 Å². The first-order valence-corrected chi connectivity index (χ1v) is 9.16. The summed E-state index contributed by atoms with van der Waals surface area (Å²) in [6, 6.07) is 7.39. The SMILES string of the molecule is O=C(CCCCCn1c(=O)[nH]c2ccccc2c1=O)NC1CCCC1. The minimum Gasteiger partial charge on any atom is -0.353 e. The second-order valence-corrected chi connectivity index (χ2v) is 6.79. The fourth-order valence-electron chi connectivity index (χ4n) is 3.50. The van der Waals surface area contributed by atoms with E-state index in [9.17, 15) is 14.4 Å². The van der Waals surface area contributed by atoms with E-state index in [2.05, 4.69) is 10.3 Å². The number of unbranched alkanes of at least 4 members (excludes halogenated alkanes) is 2. The van der Waals surface area contributed by atoms with Crippen LogP contribution in [0.25, 0.3) is 10.9 Å². The topological polar surface area (TPSA) is 84.0 Å². The van der Waals surface area contributed by atoms with Crippen LogP contribution in [0.1, 0.15) is 51.4 Å². The smallest absolute Gasteiger partial charge is 0.328 e. The molecule has 1 amide bonds. The van der Waals surface area contributed by atoms with Crippen molar-refractivity contribution in [3.63, 3.8) is 0 Å². The minimum absolute atomic E-state index is 0.118. The first-order chi connectivity index (χ1) is 12.1. The fraction of sp³-hybridized carbons (Fsp3) is 0.526. The van der Waals surface area contributed by atoms with Gasteiger partial charge in [-0.3, -0.25) is 14.2 Å². The Morgan fingerprint density at radius 3 is 2.68 bits per heavy atom. The number of hydrogen-bond acceptors (Lipinski definition) is 3. The van der Waals surface area contributed by atoms with Gasteiger partial charge in [0.05, 0.1) is 10.9 Å². The quantitative estimate of drug-likeness (QED) is 0.757. The van der Waals surface area contributed by atoms with Gasteiger partial charge >= 0.3 is 5.69 Å². The highest BCUT2D eigenvalue weighted by Gasteiger charge is 2.16. The van der Waals surface area contributed by atoms with E-state index in [1.165, 1.54) is 17.4 Å². The summed E-state index contributed by atoms with van der Waals surface area (Å²) in [6.07, 6.45) is 7.42. The highest BCUT2D eigenvalue weighted by atomic mass is 16.2. The predicted molar refractivity (Wildman–Crippen MR) is 97.7 cm³/mol. The Morgan fingerprint density at radius 1 is 1.12 bits per heavy atom. The van der Waals surface area contributed by atoms with Gasteiger partial charge in [-0.25, -0.2) is 4.79 Å². The molecule has 2 N–H and O–H groups in total. The van der Waals surface area contributed by atoms with Gasteiger partial charge in [-0.05, 0) is 37.8 Å². The van der Waals surface area contributed by atoms with Gasteiger partial charge < -0.3 is 10.3 Å². The second-order valence-electron chi connectivity index (χ2n) is 6.79. The lowest BCUT2D eigenvalue weighted by Crippen LogP contribution is -2.35. The van der Waals surface area contributed by atoms with Crippen molar-refractivity contribution in [1.82, 2.24) is 14.9 Å². The van der Waals surface area contributed by atoms with Crippen molar-refractivity contribution in [1.29, 1.82) is 0 Å². The van der Waals surface area contributed by atoms with E-state index >= 15 is 0 Å². The van der Waals surface area contributed by atoms with Crippen molar-refractivity contribution in [2.45, 2.75) is 64.0 Å². The van der Waals surface area contributed by atoms with Crippen LogP contribution in [0.3, 0.4) is 0 Å². The van der Waals surface area contributed by atoms with Crippen molar-refractivity contribution in [3.05, 3.63) is 45.1 Å². The van der Waals surface area contributed by atoms with Crippen molar-refractivity contribution in [2.24, 2.45) is 0 Å². The fourth-order valence-corrected chi connectivity index (χ4v) is 3.50. The van der Waals surface area contributed by atoms with E-state index in [-0.39, 0.29) is 17.2 Å². The van der Waals surface area contributed by atoms with Crippen LogP contribution in [0, 0.1) is 0 Å². The predicted octanol–water partition coefficient (Wildman–Crippen LogP) is 2.31. The molecule has 0 unspecified atom stereocenters. The lowest BCUT2D eigenvalue weighted by atomic mass is 10.1. The van der Waals surface area contributed by atoms with Crippen LogP contribution in [0.5, 0.6) is 0 Å². The van der Waals surface area contributed by atoms with Gasteiger partial charge in [0.15, 0.2) is 0 Å². The number of carbonyl (C=O) groups excluding carboxylic acids is 1. The molecule has 1 saturated carbocycles. The van der Waals surface area contributed by atoms with E-state index in [0.717, 1.165) is 25.7 Å². The molecule has 0 bridgehead atoms. The minimum atomic E-state index is -0.373. The second kappa shape index (κ2) is 8.14. The molecule has 1 fully saturated rings. The molecule has 1 aromatic carbocycles. The summed E-state index contributed by atoms with van der Waals surface area (Å²) >= 11 is 0. The van der Waals surface area contributed by atoms with Gasteiger partial charge in [0.1, 0.15) is 0 Å². The molecule has 1 aliphatic carbocycles. The monoisotopic (exact) mass is 343 g/mol. The summed E-state index contributed by atoms with van der Waals surface area (Å²) in [4.78, 5) is 39.1. The molecule has 0 spiro atoms. The molecule has 25 heavy (non-hydrogen) atoms. The number of fused-ring (bicyclic) bond motifs is 1. The van der Waals surface area contributed by atoms with Crippen LogP contribution >= 0.6 is 0 Å². The number of carbonyl (C=O) groups is 1. The summed E-state index contributed by atoms with van der Waals surface area (Å²) < 4.78 is 1.25. The zero-order valence-electron chi connectivity index (χ0n) is 14.4. The maximum atomic E-state index is 12.4. The normalized spacial score (nSPS) is 14.9. The number of H-pyrrole nitrogens is 1. The first kappa shape index (κ1) is 17.5. The third-order valence-corrected chi connectivity index (χ3v) is 4.90. The van der Waals surface area contributed by atoms with Gasteiger partial charge in [-0.15, -0.1) is 0 Å². The van der Waals surface area contributed by atoms with E-state index in [4.69, 9.17) is 0 Å². The summed E-state index contributed by atoms with van der Waals surface area (Å²) in [5.74, 6) is 0.118. The van der Waals surface area contributed by atoms with Crippen LogP contribution in [0.15, 0.2) is 33.9 Å². The van der Waals surface area contributed by atoms with Crippen LogP contribution in [0.2, 0.25) is 0 Å². The number of amides is 1. The molecular formula is C19H25N3O3. The van der Waals surface area contributed by atoms with Crippen molar-refractivity contribution in [3.8, 4) is 0 Å². The molecule has 0 radical (unpaired) electrons. The number of aromatic nitrogens is 2. The molecule has 6 heteroatoms. The number of nitrogens with zero attached hydrogens (tertiary/aromatic N) is 1. The average Bonchev–Trinajstić information content (AvgIpc) is 3.10. The van der Waals surface area contributed by atoms with Gasteiger partial charge in [0, 0.05) is 19.0 Å². The average molecular weight is 343 g/mol. The van der Waals surface area contributed by atoms with Gasteiger partial charge in [0.25, 0.3) is 5.56 Å². The molecule has 3 rings (SSSR count). The molecule has 1 aromatic heterocycles. The number of rotatable bonds is 7. The van der Waals surface area contributed by atoms with Gasteiger partial charge in [-0.1, -0.05) is 31.4 Å². The number of hydrogen-bond donors (Lipinski definition) is 2. The summed E-state index contributed by atoms with van der Waals surface area (Å²) in [5, 5.41) is 3.60. The summed E-state index contributed by atoms with van der Waals surface area (Å²) in [6.45, 7) is 0.378. The van der Waals surface area contributed by atoms with E-state index in [0.29, 0.717) is 36.3 Å². The number of aromatic amines is 1. The standard InChI is InChI=1S/C19H25N3O3/c23-17(20-14-8-3-4-9-14)12-2-1-7-13-22-18(24)15-10-5-6-11-16(15)21-19(22)25/h5-6,10-11,14H,1-4,7-9,12-13H2,(H,20,23)(H,21,25).